The lowest BCUT2D eigenvalue weighted by Crippen LogP contribution is -2.38. The number of nitrogens with zero attached hydrogens (tertiary/aromatic N) is 4. The van der Waals surface area contributed by atoms with Gasteiger partial charge in [-0.1, -0.05) is 31.4 Å². The van der Waals surface area contributed by atoms with Crippen molar-refractivity contribution in [3.8, 4) is 0 Å². The maximum absolute atomic E-state index is 13.2. The molecule has 1 aliphatic rings. The van der Waals surface area contributed by atoms with Crippen molar-refractivity contribution in [1.82, 2.24) is 14.3 Å². The molecule has 0 saturated heterocycles. The molecule has 0 aliphatic heterocycles. The van der Waals surface area contributed by atoms with E-state index in [2.05, 4.69) is 15.3 Å². The number of ether oxygens (including phenoxy) is 1. The second-order valence-corrected chi connectivity index (χ2v) is 9.89. The van der Waals surface area contributed by atoms with Crippen LogP contribution < -0.4 is 10.2 Å². The Labute approximate surface area is 194 Å². The summed E-state index contributed by atoms with van der Waals surface area (Å²) in [7, 11) is -0.595. The van der Waals surface area contributed by atoms with Gasteiger partial charge in [0, 0.05) is 32.5 Å². The maximum Gasteiger partial charge on any atom is 0.326 e. The number of aromatic nitrogens is 2. The van der Waals surface area contributed by atoms with E-state index in [9.17, 15) is 18.0 Å². The summed E-state index contributed by atoms with van der Waals surface area (Å²) in [6.07, 6.45) is 7.86. The lowest BCUT2D eigenvalue weighted by Gasteiger charge is -2.30. The quantitative estimate of drug-likeness (QED) is 0.547. The standard InChI is InChI=1S/C22H29N5O5S/c1-26(22-23-13-8-14-24-22)15-21(29)32-16-20(28)25-18-11-6-7-12-19(18)33(30,31)27(2)17-9-4-3-5-10-17/h6-8,11-14,17H,3-5,9-10,15-16H2,1-2H3,(H,25,28). The minimum atomic E-state index is -3.80. The number of benzene rings is 1. The number of rotatable bonds is 9. The van der Waals surface area contributed by atoms with Crippen LogP contribution in [0.2, 0.25) is 0 Å². The zero-order valence-electron chi connectivity index (χ0n) is 18.8. The van der Waals surface area contributed by atoms with Crippen molar-refractivity contribution in [3.63, 3.8) is 0 Å². The monoisotopic (exact) mass is 475 g/mol. The Bertz CT molecular complexity index is 1060. The van der Waals surface area contributed by atoms with Crippen LogP contribution >= 0.6 is 0 Å². The first-order valence-electron chi connectivity index (χ1n) is 10.8. The minimum absolute atomic E-state index is 0.0127. The number of nitrogens with one attached hydrogen (secondary N) is 1. The number of para-hydroxylation sites is 1. The van der Waals surface area contributed by atoms with E-state index in [0.29, 0.717) is 5.95 Å². The van der Waals surface area contributed by atoms with Crippen molar-refractivity contribution < 1.29 is 22.7 Å². The first kappa shape index (κ1) is 24.6. The molecule has 11 heteroatoms. The fraction of sp³-hybridized carbons (Fsp3) is 0.455. The Morgan fingerprint density at radius 1 is 1.06 bits per heavy atom. The van der Waals surface area contributed by atoms with Gasteiger partial charge in [0.2, 0.25) is 16.0 Å². The average molecular weight is 476 g/mol. The predicted octanol–water partition coefficient (Wildman–Crippen LogP) is 2.05. The second kappa shape index (κ2) is 11.2. The van der Waals surface area contributed by atoms with E-state index in [-0.39, 0.29) is 23.2 Å². The van der Waals surface area contributed by atoms with Crippen LogP contribution in [0.5, 0.6) is 0 Å². The number of amides is 1. The number of hydrogen-bond donors (Lipinski definition) is 1. The molecule has 1 aromatic carbocycles. The van der Waals surface area contributed by atoms with Crippen LogP contribution in [0.25, 0.3) is 0 Å². The third-order valence-electron chi connectivity index (χ3n) is 5.53. The van der Waals surface area contributed by atoms with Gasteiger partial charge in [0.25, 0.3) is 5.91 Å². The van der Waals surface area contributed by atoms with Gasteiger partial charge in [-0.2, -0.15) is 4.31 Å². The molecule has 33 heavy (non-hydrogen) atoms. The molecule has 1 aliphatic carbocycles. The van der Waals surface area contributed by atoms with Gasteiger partial charge in [-0.05, 0) is 31.0 Å². The fourth-order valence-electron chi connectivity index (χ4n) is 3.72. The van der Waals surface area contributed by atoms with E-state index < -0.39 is 28.5 Å². The summed E-state index contributed by atoms with van der Waals surface area (Å²) in [4.78, 5) is 34.0. The molecule has 178 valence electrons. The molecule has 1 amide bonds. The molecule has 0 atom stereocenters. The van der Waals surface area contributed by atoms with E-state index in [1.807, 2.05) is 0 Å². The van der Waals surface area contributed by atoms with Crippen LogP contribution in [-0.2, 0) is 24.3 Å². The molecular weight excluding hydrogens is 446 g/mol. The van der Waals surface area contributed by atoms with Gasteiger partial charge < -0.3 is 15.0 Å². The van der Waals surface area contributed by atoms with Crippen molar-refractivity contribution >= 4 is 33.5 Å². The van der Waals surface area contributed by atoms with Crippen LogP contribution in [0.3, 0.4) is 0 Å². The first-order chi connectivity index (χ1) is 15.8. The third kappa shape index (κ3) is 6.48. The SMILES string of the molecule is CN(CC(=O)OCC(=O)Nc1ccccc1S(=O)(=O)N(C)C1CCCCC1)c1ncccn1. The smallest absolute Gasteiger partial charge is 0.326 e. The fourth-order valence-corrected chi connectivity index (χ4v) is 5.28. The topological polar surface area (TPSA) is 122 Å². The van der Waals surface area contributed by atoms with E-state index in [0.717, 1.165) is 32.1 Å². The van der Waals surface area contributed by atoms with Crippen molar-refractivity contribution in [2.24, 2.45) is 0 Å². The summed E-state index contributed by atoms with van der Waals surface area (Å²) in [5.74, 6) is -0.928. The third-order valence-corrected chi connectivity index (χ3v) is 7.50. The highest BCUT2D eigenvalue weighted by atomic mass is 32.2. The van der Waals surface area contributed by atoms with Crippen molar-refractivity contribution in [2.45, 2.75) is 43.0 Å². The van der Waals surface area contributed by atoms with Crippen LogP contribution in [0.4, 0.5) is 11.6 Å². The van der Waals surface area contributed by atoms with Gasteiger partial charge in [-0.25, -0.2) is 18.4 Å². The van der Waals surface area contributed by atoms with E-state index in [1.54, 1.807) is 44.7 Å². The number of carbonyl (C=O) groups excluding carboxylic acids is 2. The molecule has 0 unspecified atom stereocenters. The van der Waals surface area contributed by atoms with E-state index in [4.69, 9.17) is 4.74 Å². The summed E-state index contributed by atoms with van der Waals surface area (Å²) >= 11 is 0. The number of carbonyl (C=O) groups is 2. The molecule has 3 rings (SSSR count). The maximum atomic E-state index is 13.2. The summed E-state index contributed by atoms with van der Waals surface area (Å²) in [6, 6.07) is 7.83. The molecule has 2 aromatic rings. The van der Waals surface area contributed by atoms with E-state index in [1.165, 1.54) is 21.3 Å². The molecule has 1 heterocycles. The highest BCUT2D eigenvalue weighted by Crippen LogP contribution is 2.29. The number of anilines is 2. The van der Waals surface area contributed by atoms with Gasteiger partial charge >= 0.3 is 5.97 Å². The Morgan fingerprint density at radius 2 is 1.73 bits per heavy atom. The molecule has 10 nitrogen and oxygen atoms in total. The zero-order valence-corrected chi connectivity index (χ0v) is 19.6. The zero-order chi connectivity index (χ0) is 23.8. The van der Waals surface area contributed by atoms with Crippen LogP contribution in [0, 0.1) is 0 Å². The number of esters is 1. The molecule has 0 bridgehead atoms. The highest BCUT2D eigenvalue weighted by molar-refractivity contribution is 7.89. The molecular formula is C22H29N5O5S. The lowest BCUT2D eigenvalue weighted by molar-refractivity contribution is -0.145. The summed E-state index contributed by atoms with van der Waals surface area (Å²) < 4.78 is 32.9. The van der Waals surface area contributed by atoms with Gasteiger partial charge in [0.1, 0.15) is 11.4 Å². The summed E-state index contributed by atoms with van der Waals surface area (Å²) in [6.45, 7) is -0.691. The molecule has 1 saturated carbocycles. The second-order valence-electron chi connectivity index (χ2n) is 7.92. The molecule has 1 N–H and O–H groups in total. The lowest BCUT2D eigenvalue weighted by atomic mass is 9.96. The Balaban J connectivity index is 1.59. The number of sulfonamides is 1. The number of hydrogen-bond acceptors (Lipinski definition) is 8. The molecule has 1 aromatic heterocycles. The van der Waals surface area contributed by atoms with Gasteiger partial charge in [0.15, 0.2) is 6.61 Å². The van der Waals surface area contributed by atoms with Gasteiger partial charge in [-0.3, -0.25) is 9.59 Å². The number of likely N-dealkylation sites (N-methyl/N-ethyl adjacent to an activating group) is 1. The van der Waals surface area contributed by atoms with Crippen LogP contribution in [-0.4, -0.2) is 67.9 Å². The average Bonchev–Trinajstić information content (AvgIpc) is 2.83. The Kier molecular flexibility index (Phi) is 8.34. The van der Waals surface area contributed by atoms with Crippen molar-refractivity contribution in [2.75, 3.05) is 37.5 Å². The van der Waals surface area contributed by atoms with Crippen molar-refractivity contribution in [3.05, 3.63) is 42.7 Å². The largest absolute Gasteiger partial charge is 0.454 e. The molecule has 1 fully saturated rings. The first-order valence-corrected chi connectivity index (χ1v) is 12.2. The summed E-state index contributed by atoms with van der Waals surface area (Å²) in [5, 5.41) is 2.55. The molecule has 0 radical (unpaired) electrons. The van der Waals surface area contributed by atoms with Crippen molar-refractivity contribution in [1.29, 1.82) is 0 Å². The van der Waals surface area contributed by atoms with Gasteiger partial charge in [0.05, 0.1) is 5.69 Å². The highest BCUT2D eigenvalue weighted by Gasteiger charge is 2.31. The molecule has 0 spiro atoms. The predicted molar refractivity (Wildman–Crippen MR) is 123 cm³/mol. The Hall–Kier alpha value is -3.05. The van der Waals surface area contributed by atoms with E-state index >= 15 is 0 Å². The Morgan fingerprint density at radius 3 is 2.42 bits per heavy atom. The summed E-state index contributed by atoms with van der Waals surface area (Å²) in [5.41, 5.74) is 0.149. The van der Waals surface area contributed by atoms with Gasteiger partial charge in [-0.15, -0.1) is 0 Å². The minimum Gasteiger partial charge on any atom is -0.454 e. The normalized spacial score (nSPS) is 14.6. The van der Waals surface area contributed by atoms with Crippen LogP contribution in [0.1, 0.15) is 32.1 Å². The van der Waals surface area contributed by atoms with Crippen LogP contribution in [0.15, 0.2) is 47.6 Å².